The fourth-order valence-electron chi connectivity index (χ4n) is 3.34. The molecule has 0 aliphatic carbocycles. The molecule has 2 aromatic rings. The second-order valence-electron chi connectivity index (χ2n) is 7.11. The topological polar surface area (TPSA) is 133 Å². The van der Waals surface area contributed by atoms with Gasteiger partial charge in [0.1, 0.15) is 11.4 Å². The van der Waals surface area contributed by atoms with E-state index in [1.54, 1.807) is 6.07 Å². The maximum Gasteiger partial charge on any atom is 0.325 e. The zero-order valence-corrected chi connectivity index (χ0v) is 15.9. The normalized spacial score (nSPS) is 17.0. The van der Waals surface area contributed by atoms with E-state index in [1.807, 2.05) is 18.8 Å². The first kappa shape index (κ1) is 19.6. The molecule has 0 bridgehead atoms. The lowest BCUT2D eigenvalue weighted by Gasteiger charge is -2.36. The molecule has 1 aliphatic heterocycles. The smallest absolute Gasteiger partial charge is 0.325 e. The molecule has 1 saturated heterocycles. The lowest BCUT2D eigenvalue weighted by atomic mass is 10.0. The summed E-state index contributed by atoms with van der Waals surface area (Å²) in [5, 5.41) is 7.24. The average molecular weight is 388 g/mol. The van der Waals surface area contributed by atoms with Crippen LogP contribution in [0, 0.1) is 0 Å². The molecule has 0 radical (unpaired) electrons. The van der Waals surface area contributed by atoms with Gasteiger partial charge in [0, 0.05) is 31.4 Å². The first-order valence-electron chi connectivity index (χ1n) is 9.33. The molecular formula is C18H24N6O4. The molecule has 0 spiro atoms. The van der Waals surface area contributed by atoms with Crippen molar-refractivity contribution < 1.29 is 4.79 Å². The van der Waals surface area contributed by atoms with Gasteiger partial charge >= 0.3 is 5.69 Å². The predicted octanol–water partition coefficient (Wildman–Crippen LogP) is -0.0103. The Morgan fingerprint density at radius 1 is 1.29 bits per heavy atom. The molecule has 150 valence electrons. The quantitative estimate of drug-likeness (QED) is 0.660. The Bertz CT molecular complexity index is 1020. The molecule has 1 fully saturated rings. The Morgan fingerprint density at radius 3 is 2.79 bits per heavy atom. The van der Waals surface area contributed by atoms with Crippen LogP contribution >= 0.6 is 0 Å². The zero-order chi connectivity index (χ0) is 20.3. The largest absolute Gasteiger partial charge is 0.350 e. The maximum absolute atomic E-state index is 12.3. The lowest BCUT2D eigenvalue weighted by molar-refractivity contribution is 0.0947. The van der Waals surface area contributed by atoms with Crippen LogP contribution in [0.2, 0.25) is 0 Å². The third kappa shape index (κ3) is 4.21. The Labute approximate surface area is 160 Å². The Kier molecular flexibility index (Phi) is 5.76. The summed E-state index contributed by atoms with van der Waals surface area (Å²) in [5.74, 6) is 0.136. The fraction of sp³-hybridized carbons (Fsp3) is 0.500. The van der Waals surface area contributed by atoms with Gasteiger partial charge in [0.25, 0.3) is 17.0 Å². The van der Waals surface area contributed by atoms with Crippen molar-refractivity contribution in [1.82, 2.24) is 25.1 Å². The molecule has 1 aliphatic rings. The Balaban J connectivity index is 1.76. The number of hydrogen-bond donors (Lipinski definition) is 3. The standard InChI is InChI=1S/C18H24N6O4/c1-11(2)24-15(25)7-6-14(22-24)23-8-4-3-5-12(23)9-19-16(26)13-10-20-18(28)21-17(13)27/h6-7,10-12H,3-5,8-9H2,1-2H3,(H,19,26)(H2,20,21,27,28). The van der Waals surface area contributed by atoms with Crippen molar-refractivity contribution in [2.24, 2.45) is 0 Å². The van der Waals surface area contributed by atoms with Gasteiger partial charge in [-0.2, -0.15) is 5.10 Å². The van der Waals surface area contributed by atoms with Crippen LogP contribution in [-0.4, -0.2) is 44.8 Å². The van der Waals surface area contributed by atoms with Gasteiger partial charge in [-0.3, -0.25) is 19.4 Å². The number of aromatic nitrogens is 4. The molecular weight excluding hydrogens is 364 g/mol. The monoisotopic (exact) mass is 388 g/mol. The van der Waals surface area contributed by atoms with E-state index in [-0.39, 0.29) is 23.2 Å². The third-order valence-corrected chi connectivity index (χ3v) is 4.78. The van der Waals surface area contributed by atoms with Crippen LogP contribution in [0.25, 0.3) is 0 Å². The van der Waals surface area contributed by atoms with E-state index >= 15 is 0 Å². The predicted molar refractivity (Wildman–Crippen MR) is 104 cm³/mol. The van der Waals surface area contributed by atoms with Crippen LogP contribution in [0.5, 0.6) is 0 Å². The Hall–Kier alpha value is -3.17. The minimum absolute atomic E-state index is 0.00911. The van der Waals surface area contributed by atoms with Crippen molar-refractivity contribution in [1.29, 1.82) is 0 Å². The highest BCUT2D eigenvalue weighted by atomic mass is 16.2. The lowest BCUT2D eigenvalue weighted by Crippen LogP contribution is -2.48. The number of rotatable bonds is 5. The van der Waals surface area contributed by atoms with Crippen molar-refractivity contribution >= 4 is 11.7 Å². The zero-order valence-electron chi connectivity index (χ0n) is 15.9. The average Bonchev–Trinajstić information content (AvgIpc) is 2.66. The number of nitrogens with one attached hydrogen (secondary N) is 3. The highest BCUT2D eigenvalue weighted by Crippen LogP contribution is 2.22. The number of aromatic amines is 2. The molecule has 10 heteroatoms. The molecule has 3 heterocycles. The van der Waals surface area contributed by atoms with Gasteiger partial charge < -0.3 is 15.2 Å². The summed E-state index contributed by atoms with van der Waals surface area (Å²) < 4.78 is 1.44. The molecule has 1 atom stereocenters. The van der Waals surface area contributed by atoms with E-state index in [0.29, 0.717) is 12.4 Å². The molecule has 2 aromatic heterocycles. The first-order chi connectivity index (χ1) is 13.4. The van der Waals surface area contributed by atoms with Crippen molar-refractivity contribution in [2.75, 3.05) is 18.0 Å². The van der Waals surface area contributed by atoms with E-state index in [1.165, 1.54) is 10.7 Å². The maximum atomic E-state index is 12.3. The van der Waals surface area contributed by atoms with Crippen LogP contribution in [-0.2, 0) is 0 Å². The van der Waals surface area contributed by atoms with Gasteiger partial charge in [0.2, 0.25) is 0 Å². The number of piperidine rings is 1. The molecule has 3 rings (SSSR count). The van der Waals surface area contributed by atoms with Crippen LogP contribution in [0.3, 0.4) is 0 Å². The van der Waals surface area contributed by atoms with Gasteiger partial charge in [0.15, 0.2) is 0 Å². The van der Waals surface area contributed by atoms with E-state index in [2.05, 4.69) is 20.3 Å². The molecule has 28 heavy (non-hydrogen) atoms. The van der Waals surface area contributed by atoms with Crippen LogP contribution in [0.1, 0.15) is 49.5 Å². The van der Waals surface area contributed by atoms with E-state index in [9.17, 15) is 19.2 Å². The van der Waals surface area contributed by atoms with E-state index in [0.717, 1.165) is 32.0 Å². The van der Waals surface area contributed by atoms with Gasteiger partial charge in [-0.1, -0.05) is 0 Å². The molecule has 1 unspecified atom stereocenters. The minimum atomic E-state index is -0.729. The highest BCUT2D eigenvalue weighted by Gasteiger charge is 2.25. The number of nitrogens with zero attached hydrogens (tertiary/aromatic N) is 3. The second-order valence-corrected chi connectivity index (χ2v) is 7.11. The minimum Gasteiger partial charge on any atom is -0.350 e. The number of hydrogen-bond acceptors (Lipinski definition) is 6. The van der Waals surface area contributed by atoms with E-state index in [4.69, 9.17) is 0 Å². The van der Waals surface area contributed by atoms with Crippen LogP contribution in [0.4, 0.5) is 5.82 Å². The van der Waals surface area contributed by atoms with Crippen LogP contribution in [0.15, 0.2) is 32.7 Å². The number of carbonyl (C=O) groups is 1. The first-order valence-corrected chi connectivity index (χ1v) is 9.33. The summed E-state index contributed by atoms with van der Waals surface area (Å²) >= 11 is 0. The Morgan fingerprint density at radius 2 is 2.07 bits per heavy atom. The summed E-state index contributed by atoms with van der Waals surface area (Å²) in [5.41, 5.74) is -1.69. The van der Waals surface area contributed by atoms with Gasteiger partial charge in [0.05, 0.1) is 6.04 Å². The summed E-state index contributed by atoms with van der Waals surface area (Å²) in [4.78, 5) is 53.5. The summed E-state index contributed by atoms with van der Waals surface area (Å²) in [7, 11) is 0. The number of anilines is 1. The SMILES string of the molecule is CC(C)n1nc(N2CCCCC2CNC(=O)c2c[nH]c(=O)[nH]c2=O)ccc1=O. The number of carbonyl (C=O) groups excluding carboxylic acids is 1. The van der Waals surface area contributed by atoms with Gasteiger partial charge in [-0.15, -0.1) is 0 Å². The molecule has 0 aromatic carbocycles. The third-order valence-electron chi connectivity index (χ3n) is 4.78. The van der Waals surface area contributed by atoms with Crippen molar-refractivity contribution in [3.63, 3.8) is 0 Å². The number of H-pyrrole nitrogens is 2. The summed E-state index contributed by atoms with van der Waals surface area (Å²) in [6.45, 7) is 4.88. The van der Waals surface area contributed by atoms with E-state index < -0.39 is 17.2 Å². The molecule has 3 N–H and O–H groups in total. The fourth-order valence-corrected chi connectivity index (χ4v) is 3.34. The second kappa shape index (κ2) is 8.24. The summed E-state index contributed by atoms with van der Waals surface area (Å²) in [6.07, 6.45) is 3.96. The number of amides is 1. The molecule has 0 saturated carbocycles. The molecule has 10 nitrogen and oxygen atoms in total. The van der Waals surface area contributed by atoms with Gasteiger partial charge in [-0.05, 0) is 39.2 Å². The van der Waals surface area contributed by atoms with Gasteiger partial charge in [-0.25, -0.2) is 9.48 Å². The van der Waals surface area contributed by atoms with Crippen molar-refractivity contribution in [3.8, 4) is 0 Å². The van der Waals surface area contributed by atoms with Crippen LogP contribution < -0.4 is 27.0 Å². The molecule has 1 amide bonds. The van der Waals surface area contributed by atoms with Crippen molar-refractivity contribution in [3.05, 3.63) is 55.1 Å². The summed E-state index contributed by atoms with van der Waals surface area (Å²) in [6, 6.07) is 3.15. The highest BCUT2D eigenvalue weighted by molar-refractivity contribution is 5.93. The van der Waals surface area contributed by atoms with Crippen molar-refractivity contribution in [2.45, 2.75) is 45.2 Å².